The van der Waals surface area contributed by atoms with Gasteiger partial charge in [0.2, 0.25) is 0 Å². The van der Waals surface area contributed by atoms with Crippen molar-refractivity contribution in [2.24, 2.45) is 0 Å². The number of hydrogen-bond acceptors (Lipinski definition) is 5. The van der Waals surface area contributed by atoms with Gasteiger partial charge in [-0.15, -0.1) is 0 Å². The summed E-state index contributed by atoms with van der Waals surface area (Å²) in [6.45, 7) is 2.46. The minimum atomic E-state index is -4.58. The third kappa shape index (κ3) is 3.55. The molecule has 1 aromatic carbocycles. The van der Waals surface area contributed by atoms with Crippen LogP contribution in [0.15, 0.2) is 49.2 Å². The molecule has 0 saturated carbocycles. The van der Waals surface area contributed by atoms with Crippen molar-refractivity contribution >= 4 is 5.69 Å². The number of nitrogens with zero attached hydrogens (tertiary/aromatic N) is 5. The minimum Gasteiger partial charge on any atom is -0.385 e. The first-order valence-electron chi connectivity index (χ1n) is 10.4. The van der Waals surface area contributed by atoms with Crippen LogP contribution in [0, 0.1) is 17.1 Å². The largest absolute Gasteiger partial charge is 0.419 e. The highest BCUT2D eigenvalue weighted by Gasteiger charge is 2.34. The smallest absolute Gasteiger partial charge is 0.385 e. The molecule has 0 bridgehead atoms. The third-order valence-corrected chi connectivity index (χ3v) is 5.64. The number of halogens is 4. The Kier molecular flexibility index (Phi) is 5.05. The first-order valence-corrected chi connectivity index (χ1v) is 10.4. The number of aromatic nitrogens is 4. The van der Waals surface area contributed by atoms with Gasteiger partial charge >= 0.3 is 6.18 Å². The Morgan fingerprint density at radius 3 is 2.65 bits per heavy atom. The number of pyridine rings is 2. The molecule has 170 valence electrons. The van der Waals surface area contributed by atoms with Crippen LogP contribution in [0.3, 0.4) is 0 Å². The number of nitriles is 1. The van der Waals surface area contributed by atoms with E-state index in [2.05, 4.69) is 20.4 Å². The minimum absolute atomic E-state index is 0.279. The van der Waals surface area contributed by atoms with E-state index in [1.807, 2.05) is 13.0 Å². The van der Waals surface area contributed by atoms with Gasteiger partial charge in [-0.05, 0) is 36.2 Å². The summed E-state index contributed by atoms with van der Waals surface area (Å²) in [5.41, 5.74) is 3.58. The fourth-order valence-corrected chi connectivity index (χ4v) is 4.21. The second-order valence-corrected chi connectivity index (χ2v) is 7.77. The Hall–Kier alpha value is -4.26. The van der Waals surface area contributed by atoms with Crippen LogP contribution in [0.5, 0.6) is 0 Å². The van der Waals surface area contributed by atoms with Crippen LogP contribution in [0.25, 0.3) is 27.9 Å². The van der Waals surface area contributed by atoms with Crippen molar-refractivity contribution in [1.29, 1.82) is 5.26 Å². The molecule has 0 aliphatic heterocycles. The molecule has 3 aromatic heterocycles. The average molecular weight is 464 g/mol. The molecule has 1 aliphatic rings. The predicted molar refractivity (Wildman–Crippen MR) is 117 cm³/mol. The molecular weight excluding hydrogens is 448 g/mol. The van der Waals surface area contributed by atoms with Crippen molar-refractivity contribution < 1.29 is 17.6 Å². The first kappa shape index (κ1) is 21.6. The van der Waals surface area contributed by atoms with Gasteiger partial charge in [0, 0.05) is 60.1 Å². The standard InChI is InChI=1S/C24H16F4N6/c1-2-31-20-5-16(25)4-18-17(20)6-21-22(18)23(34-12-15(10-33-34)24(26,27)28)19(11-32-21)14-3-13(7-29)8-30-9-14/h3-5,8-12,31H,2,6H2,1H3. The summed E-state index contributed by atoms with van der Waals surface area (Å²) >= 11 is 0. The van der Waals surface area contributed by atoms with Gasteiger partial charge in [-0.1, -0.05) is 0 Å². The van der Waals surface area contributed by atoms with Crippen LogP contribution < -0.4 is 5.32 Å². The fourth-order valence-electron chi connectivity index (χ4n) is 4.21. The zero-order valence-corrected chi connectivity index (χ0v) is 17.8. The molecule has 4 aromatic rings. The summed E-state index contributed by atoms with van der Waals surface area (Å²) in [6, 6.07) is 6.32. The molecule has 6 nitrogen and oxygen atoms in total. The molecular formula is C24H16F4N6. The van der Waals surface area contributed by atoms with Gasteiger partial charge in [-0.2, -0.15) is 23.5 Å². The Balaban J connectivity index is 1.82. The van der Waals surface area contributed by atoms with Crippen molar-refractivity contribution in [2.75, 3.05) is 11.9 Å². The molecule has 10 heteroatoms. The van der Waals surface area contributed by atoms with E-state index in [4.69, 9.17) is 0 Å². The fraction of sp³-hybridized carbons (Fsp3) is 0.167. The van der Waals surface area contributed by atoms with Crippen molar-refractivity contribution in [1.82, 2.24) is 19.7 Å². The van der Waals surface area contributed by atoms with Gasteiger partial charge in [0.15, 0.2) is 0 Å². The highest BCUT2D eigenvalue weighted by molar-refractivity contribution is 5.92. The first-order chi connectivity index (χ1) is 16.3. The zero-order valence-electron chi connectivity index (χ0n) is 17.8. The monoisotopic (exact) mass is 464 g/mol. The van der Waals surface area contributed by atoms with E-state index in [1.54, 1.807) is 6.07 Å². The van der Waals surface area contributed by atoms with Crippen LogP contribution in [-0.4, -0.2) is 26.3 Å². The van der Waals surface area contributed by atoms with Crippen molar-refractivity contribution in [3.05, 3.63) is 77.4 Å². The Labute approximate surface area is 191 Å². The second kappa shape index (κ2) is 7.95. The molecule has 0 amide bonds. The molecule has 0 spiro atoms. The number of benzene rings is 1. The maximum atomic E-state index is 14.6. The highest BCUT2D eigenvalue weighted by Crippen LogP contribution is 2.46. The SMILES string of the molecule is CCNc1cc(F)cc2c1Cc1ncc(-c3cncc(C#N)c3)c(-n3cc(C(F)(F)F)cn3)c1-2. The summed E-state index contributed by atoms with van der Waals surface area (Å²) in [7, 11) is 0. The van der Waals surface area contributed by atoms with E-state index in [0.29, 0.717) is 52.3 Å². The summed E-state index contributed by atoms with van der Waals surface area (Å²) in [5, 5.41) is 16.4. The van der Waals surface area contributed by atoms with E-state index < -0.39 is 17.6 Å². The van der Waals surface area contributed by atoms with Gasteiger partial charge in [0.25, 0.3) is 0 Å². The van der Waals surface area contributed by atoms with Crippen LogP contribution in [-0.2, 0) is 12.6 Å². The Bertz CT molecular complexity index is 1470. The quantitative estimate of drug-likeness (QED) is 0.362. The van der Waals surface area contributed by atoms with Gasteiger partial charge in [-0.3, -0.25) is 9.97 Å². The van der Waals surface area contributed by atoms with Crippen molar-refractivity contribution in [3.8, 4) is 34.0 Å². The second-order valence-electron chi connectivity index (χ2n) is 7.77. The van der Waals surface area contributed by atoms with E-state index in [9.17, 15) is 22.8 Å². The van der Waals surface area contributed by atoms with Gasteiger partial charge in [0.1, 0.15) is 11.9 Å². The van der Waals surface area contributed by atoms with Crippen LogP contribution >= 0.6 is 0 Å². The molecule has 5 rings (SSSR count). The Morgan fingerprint density at radius 1 is 1.12 bits per heavy atom. The lowest BCUT2D eigenvalue weighted by molar-refractivity contribution is -0.137. The lowest BCUT2D eigenvalue weighted by Gasteiger charge is -2.16. The van der Waals surface area contributed by atoms with Crippen molar-refractivity contribution in [2.45, 2.75) is 19.5 Å². The molecule has 0 unspecified atom stereocenters. The molecule has 34 heavy (non-hydrogen) atoms. The van der Waals surface area contributed by atoms with E-state index in [0.717, 1.165) is 22.6 Å². The van der Waals surface area contributed by atoms with Crippen LogP contribution in [0.4, 0.5) is 23.2 Å². The Morgan fingerprint density at radius 2 is 1.94 bits per heavy atom. The van der Waals surface area contributed by atoms with E-state index >= 15 is 0 Å². The summed E-state index contributed by atoms with van der Waals surface area (Å²) in [6.07, 6.45) is 1.83. The third-order valence-electron chi connectivity index (χ3n) is 5.64. The number of alkyl halides is 3. The van der Waals surface area contributed by atoms with E-state index in [1.165, 1.54) is 30.7 Å². The topological polar surface area (TPSA) is 79.4 Å². The number of hydrogen-bond donors (Lipinski definition) is 1. The molecule has 0 fully saturated rings. The summed E-state index contributed by atoms with van der Waals surface area (Å²) in [5.74, 6) is -0.483. The van der Waals surface area contributed by atoms with Crippen LogP contribution in [0.2, 0.25) is 0 Å². The van der Waals surface area contributed by atoms with E-state index in [-0.39, 0.29) is 5.56 Å². The normalized spacial score (nSPS) is 12.2. The number of fused-ring (bicyclic) bond motifs is 3. The predicted octanol–water partition coefficient (Wildman–Crippen LogP) is 5.36. The molecule has 0 atom stereocenters. The molecule has 0 saturated heterocycles. The maximum absolute atomic E-state index is 14.6. The van der Waals surface area contributed by atoms with Gasteiger partial charge in [-0.25, -0.2) is 9.07 Å². The van der Waals surface area contributed by atoms with Crippen molar-refractivity contribution in [3.63, 3.8) is 0 Å². The summed E-state index contributed by atoms with van der Waals surface area (Å²) in [4.78, 5) is 8.63. The van der Waals surface area contributed by atoms with Crippen LogP contribution in [0.1, 0.15) is 29.3 Å². The number of anilines is 1. The highest BCUT2D eigenvalue weighted by atomic mass is 19.4. The molecule has 0 radical (unpaired) electrons. The van der Waals surface area contributed by atoms with Gasteiger partial charge in [0.05, 0.1) is 28.7 Å². The lowest BCUT2D eigenvalue weighted by atomic mass is 9.98. The average Bonchev–Trinajstić information content (AvgIpc) is 3.44. The maximum Gasteiger partial charge on any atom is 0.419 e. The molecule has 1 aliphatic carbocycles. The number of rotatable bonds is 4. The lowest BCUT2D eigenvalue weighted by Crippen LogP contribution is -2.05. The number of nitrogens with one attached hydrogen (secondary N) is 1. The molecule has 3 heterocycles. The zero-order chi connectivity index (χ0) is 24.0. The van der Waals surface area contributed by atoms with Gasteiger partial charge < -0.3 is 5.32 Å². The molecule has 1 N–H and O–H groups in total. The summed E-state index contributed by atoms with van der Waals surface area (Å²) < 4.78 is 55.8.